The third-order valence-electron chi connectivity index (χ3n) is 4.62. The van der Waals surface area contributed by atoms with Crippen LogP contribution >= 0.6 is 0 Å². The summed E-state index contributed by atoms with van der Waals surface area (Å²) < 4.78 is 11.3. The fourth-order valence-electron chi connectivity index (χ4n) is 3.48. The molecule has 0 N–H and O–H groups in total. The molecule has 0 radical (unpaired) electrons. The molecule has 0 amide bonds. The number of carbonyl (C=O) groups excluding carboxylic acids is 3. The molecule has 5 heteroatoms. The molecule has 1 aliphatic heterocycles. The Morgan fingerprint density at radius 3 is 2.23 bits per heavy atom. The average Bonchev–Trinajstić information content (AvgIpc) is 2.64. The van der Waals surface area contributed by atoms with Crippen molar-refractivity contribution in [3.63, 3.8) is 0 Å². The molecule has 0 aromatic heterocycles. The molecule has 1 aliphatic carbocycles. The first-order valence-corrected chi connectivity index (χ1v) is 8.32. The molecule has 2 aromatic carbocycles. The van der Waals surface area contributed by atoms with Crippen LogP contribution in [-0.2, 0) is 9.53 Å². The second-order valence-corrected chi connectivity index (χ2v) is 6.38. The van der Waals surface area contributed by atoms with Crippen LogP contribution in [0.1, 0.15) is 50.8 Å². The molecular weight excluding hydrogens is 332 g/mol. The van der Waals surface area contributed by atoms with E-state index in [9.17, 15) is 14.4 Å². The number of hydrogen-bond donors (Lipinski definition) is 0. The maximum atomic E-state index is 13.0. The van der Waals surface area contributed by atoms with Crippen LogP contribution in [0, 0.1) is 0 Å². The lowest BCUT2D eigenvalue weighted by Gasteiger charge is -2.25. The van der Waals surface area contributed by atoms with Gasteiger partial charge in [0.05, 0.1) is 18.2 Å². The zero-order valence-corrected chi connectivity index (χ0v) is 14.4. The van der Waals surface area contributed by atoms with E-state index < -0.39 is 0 Å². The van der Waals surface area contributed by atoms with Gasteiger partial charge >= 0.3 is 0 Å². The van der Waals surface area contributed by atoms with Crippen molar-refractivity contribution in [2.45, 2.75) is 19.4 Å². The third-order valence-corrected chi connectivity index (χ3v) is 4.62. The fourth-order valence-corrected chi connectivity index (χ4v) is 3.48. The number of methoxy groups -OCH3 is 1. The smallest absolute Gasteiger partial charge is 0.198 e. The first kappa shape index (κ1) is 16.3. The molecule has 1 atom stereocenters. The van der Waals surface area contributed by atoms with Gasteiger partial charge in [-0.15, -0.1) is 0 Å². The number of allylic oxidation sites excluding steroid dienone is 1. The van der Waals surface area contributed by atoms with Gasteiger partial charge in [-0.3, -0.25) is 14.4 Å². The molecule has 4 rings (SSSR count). The summed E-state index contributed by atoms with van der Waals surface area (Å²) in [5.74, 6) is 0.0648. The van der Waals surface area contributed by atoms with Crippen LogP contribution in [0.5, 0.6) is 5.75 Å². The largest absolute Gasteiger partial charge is 0.495 e. The van der Waals surface area contributed by atoms with Crippen LogP contribution in [0.25, 0.3) is 5.76 Å². The van der Waals surface area contributed by atoms with Crippen molar-refractivity contribution < 1.29 is 23.9 Å². The molecule has 5 nitrogen and oxygen atoms in total. The Morgan fingerprint density at radius 2 is 1.58 bits per heavy atom. The predicted octanol–water partition coefficient (Wildman–Crippen LogP) is 3.19. The molecule has 2 aliphatic rings. The van der Waals surface area contributed by atoms with E-state index in [0.29, 0.717) is 34.4 Å². The van der Waals surface area contributed by atoms with E-state index in [-0.39, 0.29) is 34.8 Å². The number of fused-ring (bicyclic) bond motifs is 2. The fraction of sp³-hybridized carbons (Fsp3) is 0.190. The van der Waals surface area contributed by atoms with Crippen molar-refractivity contribution >= 4 is 23.1 Å². The van der Waals surface area contributed by atoms with Gasteiger partial charge in [0.1, 0.15) is 17.6 Å². The SMILES string of the molecule is COc1c(C2=CC(=O)C[C@@H](C)O2)ccc2c1C(=O)c1ccccc1C2=O. The lowest BCUT2D eigenvalue weighted by Crippen LogP contribution is -2.23. The van der Waals surface area contributed by atoms with Crippen LogP contribution < -0.4 is 4.74 Å². The van der Waals surface area contributed by atoms with Crippen LogP contribution in [0.4, 0.5) is 0 Å². The summed E-state index contributed by atoms with van der Waals surface area (Å²) >= 11 is 0. The summed E-state index contributed by atoms with van der Waals surface area (Å²) in [6.45, 7) is 1.81. The van der Waals surface area contributed by atoms with Crippen molar-refractivity contribution in [2.24, 2.45) is 0 Å². The quantitative estimate of drug-likeness (QED) is 0.711. The van der Waals surface area contributed by atoms with Crippen molar-refractivity contribution in [1.29, 1.82) is 0 Å². The highest BCUT2D eigenvalue weighted by Crippen LogP contribution is 2.39. The van der Waals surface area contributed by atoms with E-state index in [1.165, 1.54) is 13.2 Å². The number of hydrogen-bond acceptors (Lipinski definition) is 5. The topological polar surface area (TPSA) is 69.7 Å². The van der Waals surface area contributed by atoms with Gasteiger partial charge in [0, 0.05) is 29.2 Å². The van der Waals surface area contributed by atoms with Gasteiger partial charge in [-0.1, -0.05) is 24.3 Å². The van der Waals surface area contributed by atoms with Gasteiger partial charge < -0.3 is 9.47 Å². The van der Waals surface area contributed by atoms with E-state index >= 15 is 0 Å². The van der Waals surface area contributed by atoms with Crippen LogP contribution in [0.3, 0.4) is 0 Å². The second kappa shape index (κ2) is 5.95. The second-order valence-electron chi connectivity index (χ2n) is 6.38. The molecule has 0 saturated carbocycles. The summed E-state index contributed by atoms with van der Waals surface area (Å²) in [5.41, 5.74) is 1.74. The Hall–Kier alpha value is -3.21. The first-order chi connectivity index (χ1) is 12.5. The van der Waals surface area contributed by atoms with Gasteiger partial charge in [0.25, 0.3) is 0 Å². The highest BCUT2D eigenvalue weighted by molar-refractivity contribution is 6.29. The molecule has 26 heavy (non-hydrogen) atoms. The minimum absolute atomic E-state index is 0.0497. The standard InChI is InChI=1S/C21H16O5/c1-11-9-12(22)10-17(26-11)15-7-8-16-18(21(15)25-2)20(24)14-6-4-3-5-13(14)19(16)23/h3-8,10-11H,9H2,1-2H3/t11-/m1/s1. The lowest BCUT2D eigenvalue weighted by molar-refractivity contribution is -0.117. The molecule has 2 aromatic rings. The van der Waals surface area contributed by atoms with Gasteiger partial charge in [0.2, 0.25) is 0 Å². The molecular formula is C21H16O5. The Labute approximate surface area is 150 Å². The minimum atomic E-state index is -0.273. The number of ether oxygens (including phenoxy) is 2. The van der Waals surface area contributed by atoms with Crippen molar-refractivity contribution in [3.8, 4) is 5.75 Å². The van der Waals surface area contributed by atoms with E-state index in [2.05, 4.69) is 0 Å². The number of rotatable bonds is 2. The van der Waals surface area contributed by atoms with Gasteiger partial charge in [0.15, 0.2) is 17.3 Å². The summed E-state index contributed by atoms with van der Waals surface area (Å²) in [6.07, 6.45) is 1.45. The van der Waals surface area contributed by atoms with Gasteiger partial charge in [-0.2, -0.15) is 0 Å². The lowest BCUT2D eigenvalue weighted by atomic mass is 9.82. The maximum Gasteiger partial charge on any atom is 0.198 e. The predicted molar refractivity (Wildman–Crippen MR) is 94.4 cm³/mol. The van der Waals surface area contributed by atoms with Gasteiger partial charge in [-0.25, -0.2) is 0 Å². The third kappa shape index (κ3) is 2.36. The van der Waals surface area contributed by atoms with Crippen molar-refractivity contribution in [1.82, 2.24) is 0 Å². The maximum absolute atomic E-state index is 13.0. The molecule has 0 unspecified atom stereocenters. The monoisotopic (exact) mass is 348 g/mol. The van der Waals surface area contributed by atoms with Crippen molar-refractivity contribution in [2.75, 3.05) is 7.11 Å². The van der Waals surface area contributed by atoms with E-state index in [1.54, 1.807) is 43.3 Å². The highest BCUT2D eigenvalue weighted by atomic mass is 16.5. The van der Waals surface area contributed by atoms with Crippen molar-refractivity contribution in [3.05, 3.63) is 70.3 Å². The van der Waals surface area contributed by atoms with E-state index in [4.69, 9.17) is 9.47 Å². The molecule has 0 fully saturated rings. The van der Waals surface area contributed by atoms with E-state index in [0.717, 1.165) is 0 Å². The molecule has 0 spiro atoms. The molecule has 0 bridgehead atoms. The summed E-state index contributed by atoms with van der Waals surface area (Å²) in [5, 5.41) is 0. The molecule has 1 heterocycles. The number of carbonyl (C=O) groups is 3. The number of benzene rings is 2. The van der Waals surface area contributed by atoms with Crippen LogP contribution in [0.15, 0.2) is 42.5 Å². The summed E-state index contributed by atoms with van der Waals surface area (Å²) in [7, 11) is 1.44. The normalized spacial score (nSPS) is 18.6. The highest BCUT2D eigenvalue weighted by Gasteiger charge is 2.34. The van der Waals surface area contributed by atoms with Crippen LogP contribution in [-0.4, -0.2) is 30.6 Å². The zero-order chi connectivity index (χ0) is 18.4. The van der Waals surface area contributed by atoms with Crippen LogP contribution in [0.2, 0.25) is 0 Å². The first-order valence-electron chi connectivity index (χ1n) is 8.32. The molecule has 130 valence electrons. The Balaban J connectivity index is 1.94. The average molecular weight is 348 g/mol. The number of ketones is 3. The molecule has 0 saturated heterocycles. The Kier molecular flexibility index (Phi) is 3.72. The van der Waals surface area contributed by atoms with E-state index in [1.807, 2.05) is 0 Å². The Morgan fingerprint density at radius 1 is 0.923 bits per heavy atom. The summed E-state index contributed by atoms with van der Waals surface area (Å²) in [4.78, 5) is 37.8. The zero-order valence-electron chi connectivity index (χ0n) is 14.4. The Bertz CT molecular complexity index is 999. The summed E-state index contributed by atoms with van der Waals surface area (Å²) in [6, 6.07) is 9.98. The van der Waals surface area contributed by atoms with Gasteiger partial charge in [-0.05, 0) is 19.1 Å². The minimum Gasteiger partial charge on any atom is -0.495 e.